The van der Waals surface area contributed by atoms with Crippen molar-refractivity contribution in [1.29, 1.82) is 0 Å². The van der Waals surface area contributed by atoms with E-state index in [1.165, 1.54) is 17.3 Å². The number of thioether (sulfide) groups is 1. The zero-order valence-corrected chi connectivity index (χ0v) is 12.6. The second-order valence-corrected chi connectivity index (χ2v) is 5.49. The third-order valence-electron chi connectivity index (χ3n) is 3.10. The lowest BCUT2D eigenvalue weighted by Crippen LogP contribution is -2.02. The highest BCUT2D eigenvalue weighted by Crippen LogP contribution is 2.23. The van der Waals surface area contributed by atoms with Crippen LogP contribution in [-0.4, -0.2) is 18.6 Å². The van der Waals surface area contributed by atoms with Gasteiger partial charge < -0.3 is 4.74 Å². The maximum atomic E-state index is 12.1. The van der Waals surface area contributed by atoms with E-state index in [-0.39, 0.29) is 5.78 Å². The van der Waals surface area contributed by atoms with Crippen LogP contribution in [0.3, 0.4) is 0 Å². The number of benzene rings is 2. The van der Waals surface area contributed by atoms with E-state index in [4.69, 9.17) is 4.74 Å². The lowest BCUT2D eigenvalue weighted by Gasteiger charge is -2.05. The summed E-state index contributed by atoms with van der Waals surface area (Å²) >= 11 is 1.53. The summed E-state index contributed by atoms with van der Waals surface area (Å²) in [6.07, 6.45) is 0.993. The fourth-order valence-electron chi connectivity index (χ4n) is 1.85. The Hall–Kier alpha value is -1.74. The molecule has 20 heavy (non-hydrogen) atoms. The van der Waals surface area contributed by atoms with Gasteiger partial charge in [-0.3, -0.25) is 4.79 Å². The van der Waals surface area contributed by atoms with E-state index in [0.29, 0.717) is 5.75 Å². The molecule has 0 fully saturated rings. The summed E-state index contributed by atoms with van der Waals surface area (Å²) in [4.78, 5) is 13.2. The van der Waals surface area contributed by atoms with Crippen LogP contribution in [-0.2, 0) is 6.42 Å². The van der Waals surface area contributed by atoms with E-state index in [0.717, 1.165) is 22.6 Å². The quantitative estimate of drug-likeness (QED) is 0.587. The Morgan fingerprint density at radius 3 is 2.55 bits per heavy atom. The van der Waals surface area contributed by atoms with Crippen molar-refractivity contribution in [3.63, 3.8) is 0 Å². The van der Waals surface area contributed by atoms with Crippen LogP contribution in [0.5, 0.6) is 5.75 Å². The number of ether oxygens (including phenoxy) is 1. The summed E-state index contributed by atoms with van der Waals surface area (Å²) in [5, 5.41) is 0. The lowest BCUT2D eigenvalue weighted by molar-refractivity contribution is 0.102. The molecule has 2 nitrogen and oxygen atoms in total. The molecule has 0 amide bonds. The molecule has 2 aromatic carbocycles. The van der Waals surface area contributed by atoms with E-state index in [1.54, 1.807) is 7.11 Å². The van der Waals surface area contributed by atoms with Crippen molar-refractivity contribution in [1.82, 2.24) is 0 Å². The highest BCUT2D eigenvalue weighted by molar-refractivity contribution is 8.00. The van der Waals surface area contributed by atoms with Crippen LogP contribution >= 0.6 is 11.8 Å². The molecule has 0 atom stereocenters. The van der Waals surface area contributed by atoms with Crippen LogP contribution in [0.1, 0.15) is 22.8 Å². The van der Waals surface area contributed by atoms with Crippen molar-refractivity contribution in [3.05, 3.63) is 59.7 Å². The van der Waals surface area contributed by atoms with Gasteiger partial charge in [-0.05, 0) is 30.2 Å². The first-order valence-electron chi connectivity index (χ1n) is 6.62. The minimum absolute atomic E-state index is 0.153. The third kappa shape index (κ3) is 3.87. The summed E-state index contributed by atoms with van der Waals surface area (Å²) < 4.78 is 5.17. The van der Waals surface area contributed by atoms with Gasteiger partial charge >= 0.3 is 0 Å². The van der Waals surface area contributed by atoms with Crippen LogP contribution in [0.2, 0.25) is 0 Å². The molecule has 2 aromatic rings. The van der Waals surface area contributed by atoms with Gasteiger partial charge in [0.1, 0.15) is 5.75 Å². The first-order valence-corrected chi connectivity index (χ1v) is 7.60. The number of methoxy groups -OCH3 is 1. The summed E-state index contributed by atoms with van der Waals surface area (Å²) in [5.74, 6) is 1.41. The van der Waals surface area contributed by atoms with E-state index in [2.05, 4.69) is 6.92 Å². The van der Waals surface area contributed by atoms with Gasteiger partial charge in [0.2, 0.25) is 0 Å². The summed E-state index contributed by atoms with van der Waals surface area (Å²) in [5.41, 5.74) is 2.03. The van der Waals surface area contributed by atoms with E-state index < -0.39 is 0 Å². The molecule has 0 aliphatic carbocycles. The second kappa shape index (κ2) is 7.15. The summed E-state index contributed by atoms with van der Waals surface area (Å²) in [6, 6.07) is 15.6. The maximum absolute atomic E-state index is 12.1. The van der Waals surface area contributed by atoms with Crippen molar-refractivity contribution in [2.45, 2.75) is 18.2 Å². The predicted octanol–water partition coefficient (Wildman–Crippen LogP) is 4.23. The minimum atomic E-state index is 0.153. The number of rotatable bonds is 6. The van der Waals surface area contributed by atoms with E-state index in [1.807, 2.05) is 48.5 Å². The number of Topliss-reactive ketones (excluding diaryl/α,β-unsaturated/α-hetero) is 1. The number of ketones is 1. The molecule has 0 bridgehead atoms. The van der Waals surface area contributed by atoms with Gasteiger partial charge in [-0.15, -0.1) is 11.8 Å². The number of carbonyl (C=O) groups excluding carboxylic acids is 1. The van der Waals surface area contributed by atoms with Gasteiger partial charge in [-0.2, -0.15) is 0 Å². The molecule has 104 valence electrons. The Morgan fingerprint density at radius 2 is 1.90 bits per heavy atom. The Balaban J connectivity index is 1.97. The molecule has 0 aromatic heterocycles. The average molecular weight is 286 g/mol. The molecule has 3 heteroatoms. The fraction of sp³-hybridized carbons (Fsp3) is 0.235. The summed E-state index contributed by atoms with van der Waals surface area (Å²) in [6.45, 7) is 2.11. The van der Waals surface area contributed by atoms with Crippen LogP contribution < -0.4 is 4.74 Å². The molecule has 0 saturated carbocycles. The largest absolute Gasteiger partial charge is 0.497 e. The molecule has 0 radical (unpaired) electrons. The molecule has 2 rings (SSSR count). The average Bonchev–Trinajstić information content (AvgIpc) is 2.53. The van der Waals surface area contributed by atoms with Crippen molar-refractivity contribution < 1.29 is 9.53 Å². The molecule has 0 aliphatic heterocycles. The van der Waals surface area contributed by atoms with Gasteiger partial charge in [0.05, 0.1) is 12.9 Å². The predicted molar refractivity (Wildman–Crippen MR) is 83.9 cm³/mol. The van der Waals surface area contributed by atoms with Gasteiger partial charge in [0.15, 0.2) is 5.78 Å². The van der Waals surface area contributed by atoms with Crippen LogP contribution in [0.15, 0.2) is 53.4 Å². The van der Waals surface area contributed by atoms with E-state index >= 15 is 0 Å². The SMILES string of the molecule is CCc1ccc(C(=O)CSc2cccc(OC)c2)cc1. The maximum Gasteiger partial charge on any atom is 0.173 e. The monoisotopic (exact) mass is 286 g/mol. The summed E-state index contributed by atoms with van der Waals surface area (Å²) in [7, 11) is 1.64. The molecule has 0 N–H and O–H groups in total. The molecule has 0 saturated heterocycles. The lowest BCUT2D eigenvalue weighted by atomic mass is 10.1. The van der Waals surface area contributed by atoms with E-state index in [9.17, 15) is 4.79 Å². The second-order valence-electron chi connectivity index (χ2n) is 4.44. The number of aryl methyl sites for hydroxylation is 1. The van der Waals surface area contributed by atoms with Crippen LogP contribution in [0.4, 0.5) is 0 Å². The van der Waals surface area contributed by atoms with Crippen LogP contribution in [0, 0.1) is 0 Å². The Bertz CT molecular complexity index is 576. The first-order chi connectivity index (χ1) is 9.72. The van der Waals surface area contributed by atoms with Crippen molar-refractivity contribution in [2.24, 2.45) is 0 Å². The van der Waals surface area contributed by atoms with Gasteiger partial charge in [0, 0.05) is 10.5 Å². The topological polar surface area (TPSA) is 26.3 Å². The number of hydrogen-bond acceptors (Lipinski definition) is 3. The van der Waals surface area contributed by atoms with Gasteiger partial charge in [0.25, 0.3) is 0 Å². The van der Waals surface area contributed by atoms with Crippen molar-refractivity contribution >= 4 is 17.5 Å². The van der Waals surface area contributed by atoms with Crippen molar-refractivity contribution in [2.75, 3.05) is 12.9 Å². The van der Waals surface area contributed by atoms with Gasteiger partial charge in [-0.25, -0.2) is 0 Å². The van der Waals surface area contributed by atoms with Crippen molar-refractivity contribution in [3.8, 4) is 5.75 Å². The smallest absolute Gasteiger partial charge is 0.173 e. The first kappa shape index (κ1) is 14.7. The van der Waals surface area contributed by atoms with Crippen LogP contribution in [0.25, 0.3) is 0 Å². The highest BCUT2D eigenvalue weighted by atomic mass is 32.2. The highest BCUT2D eigenvalue weighted by Gasteiger charge is 2.07. The zero-order chi connectivity index (χ0) is 14.4. The number of carbonyl (C=O) groups is 1. The Labute approximate surface area is 124 Å². The standard InChI is InChI=1S/C17H18O2S/c1-3-13-7-9-14(10-8-13)17(18)12-20-16-6-4-5-15(11-16)19-2/h4-11H,3,12H2,1-2H3. The third-order valence-corrected chi connectivity index (χ3v) is 4.09. The number of hydrogen-bond donors (Lipinski definition) is 0. The van der Waals surface area contributed by atoms with Gasteiger partial charge in [-0.1, -0.05) is 37.3 Å². The molecule has 0 aliphatic rings. The fourth-order valence-corrected chi connectivity index (χ4v) is 2.69. The Morgan fingerprint density at radius 1 is 1.15 bits per heavy atom. The molecule has 0 heterocycles. The zero-order valence-electron chi connectivity index (χ0n) is 11.8. The normalized spacial score (nSPS) is 10.3. The minimum Gasteiger partial charge on any atom is -0.497 e. The molecular formula is C17H18O2S. The molecule has 0 unspecified atom stereocenters. The molecule has 0 spiro atoms. The molecular weight excluding hydrogens is 268 g/mol. The Kier molecular flexibility index (Phi) is 5.24.